The number of hydrogen-bond donors (Lipinski definition) is 1. The van der Waals surface area contributed by atoms with E-state index in [1.54, 1.807) is 16.8 Å². The molecule has 1 N–H and O–H groups in total. The van der Waals surface area contributed by atoms with Gasteiger partial charge in [-0.2, -0.15) is 5.10 Å². The van der Waals surface area contributed by atoms with Gasteiger partial charge in [0, 0.05) is 23.8 Å². The van der Waals surface area contributed by atoms with Crippen LogP contribution >= 0.6 is 23.2 Å². The lowest BCUT2D eigenvalue weighted by atomic mass is 10.3. The predicted octanol–water partition coefficient (Wildman–Crippen LogP) is 3.68. The molecular formula is C13H15Cl2N3. The van der Waals surface area contributed by atoms with Gasteiger partial charge in [0.25, 0.3) is 0 Å². The van der Waals surface area contributed by atoms with Crippen molar-refractivity contribution in [2.24, 2.45) is 0 Å². The lowest BCUT2D eigenvalue weighted by Gasteiger charge is -2.06. The molecule has 0 spiro atoms. The smallest absolute Gasteiger partial charge is 0.0832 e. The van der Waals surface area contributed by atoms with Gasteiger partial charge in [-0.15, -0.1) is 0 Å². The molecule has 0 radical (unpaired) electrons. The van der Waals surface area contributed by atoms with Crippen molar-refractivity contribution < 1.29 is 0 Å². The minimum atomic E-state index is 0.439. The van der Waals surface area contributed by atoms with E-state index in [0.717, 1.165) is 17.9 Å². The van der Waals surface area contributed by atoms with E-state index >= 15 is 0 Å². The Kier molecular flexibility index (Phi) is 4.27. The summed E-state index contributed by atoms with van der Waals surface area (Å²) >= 11 is 12.0. The summed E-state index contributed by atoms with van der Waals surface area (Å²) in [6, 6.07) is 7.79. The Balaban J connectivity index is 2.18. The molecule has 5 heteroatoms. The largest absolute Gasteiger partial charge is 0.309 e. The second kappa shape index (κ2) is 5.74. The van der Waals surface area contributed by atoms with Gasteiger partial charge in [-0.3, -0.25) is 0 Å². The van der Waals surface area contributed by atoms with Crippen molar-refractivity contribution >= 4 is 23.2 Å². The van der Waals surface area contributed by atoms with E-state index in [1.807, 2.05) is 18.3 Å². The molecule has 0 unspecified atom stereocenters. The van der Waals surface area contributed by atoms with Crippen LogP contribution in [-0.2, 0) is 6.54 Å². The Labute approximate surface area is 117 Å². The molecule has 2 rings (SSSR count). The standard InChI is InChI=1S/C13H15Cl2N3/c1-9(2)16-8-11-5-6-18(17-11)13-4-3-10(14)7-12(13)15/h3-7,9,16H,8H2,1-2H3. The first-order chi connectivity index (χ1) is 8.56. The second-order valence-corrected chi connectivity index (χ2v) is 5.23. The van der Waals surface area contributed by atoms with Crippen molar-refractivity contribution in [1.82, 2.24) is 15.1 Å². The van der Waals surface area contributed by atoms with Crippen molar-refractivity contribution in [3.8, 4) is 5.69 Å². The molecule has 1 heterocycles. The molecule has 0 saturated carbocycles. The van der Waals surface area contributed by atoms with E-state index < -0.39 is 0 Å². The van der Waals surface area contributed by atoms with Gasteiger partial charge in [0.1, 0.15) is 0 Å². The van der Waals surface area contributed by atoms with Crippen LogP contribution in [0.1, 0.15) is 19.5 Å². The van der Waals surface area contributed by atoms with Gasteiger partial charge in [0.05, 0.1) is 16.4 Å². The van der Waals surface area contributed by atoms with Gasteiger partial charge >= 0.3 is 0 Å². The number of nitrogens with zero attached hydrogens (tertiary/aromatic N) is 2. The fourth-order valence-electron chi connectivity index (χ4n) is 1.57. The summed E-state index contributed by atoms with van der Waals surface area (Å²) < 4.78 is 1.76. The fraction of sp³-hybridized carbons (Fsp3) is 0.308. The Morgan fingerprint density at radius 1 is 1.28 bits per heavy atom. The highest BCUT2D eigenvalue weighted by Crippen LogP contribution is 2.23. The maximum Gasteiger partial charge on any atom is 0.0832 e. The summed E-state index contributed by atoms with van der Waals surface area (Å²) in [6.45, 7) is 4.95. The van der Waals surface area contributed by atoms with Gasteiger partial charge in [0.15, 0.2) is 0 Å². The average molecular weight is 284 g/mol. The summed E-state index contributed by atoms with van der Waals surface area (Å²) in [4.78, 5) is 0. The number of nitrogens with one attached hydrogen (secondary N) is 1. The van der Waals surface area contributed by atoms with Crippen LogP contribution < -0.4 is 5.32 Å². The van der Waals surface area contributed by atoms with Crippen molar-refractivity contribution in [2.75, 3.05) is 0 Å². The molecule has 0 amide bonds. The third kappa shape index (κ3) is 3.25. The highest BCUT2D eigenvalue weighted by atomic mass is 35.5. The van der Waals surface area contributed by atoms with E-state index in [0.29, 0.717) is 16.1 Å². The topological polar surface area (TPSA) is 29.9 Å². The van der Waals surface area contributed by atoms with Crippen LogP contribution in [0.3, 0.4) is 0 Å². The van der Waals surface area contributed by atoms with Gasteiger partial charge in [-0.25, -0.2) is 4.68 Å². The summed E-state index contributed by atoms with van der Waals surface area (Å²) in [5, 5.41) is 9.00. The molecule has 3 nitrogen and oxygen atoms in total. The van der Waals surface area contributed by atoms with Crippen LogP contribution in [-0.4, -0.2) is 15.8 Å². The number of benzene rings is 1. The van der Waals surface area contributed by atoms with E-state index in [9.17, 15) is 0 Å². The molecule has 0 aliphatic carbocycles. The molecule has 0 aliphatic rings. The first-order valence-electron chi connectivity index (χ1n) is 5.79. The molecule has 1 aromatic carbocycles. The zero-order valence-corrected chi connectivity index (χ0v) is 11.8. The zero-order chi connectivity index (χ0) is 13.1. The van der Waals surface area contributed by atoms with Crippen LogP contribution in [0, 0.1) is 0 Å². The van der Waals surface area contributed by atoms with E-state index in [2.05, 4.69) is 24.3 Å². The van der Waals surface area contributed by atoms with Gasteiger partial charge in [0.2, 0.25) is 0 Å². The average Bonchev–Trinajstić information content (AvgIpc) is 2.75. The van der Waals surface area contributed by atoms with E-state index in [4.69, 9.17) is 23.2 Å². The quantitative estimate of drug-likeness (QED) is 0.928. The molecule has 0 aliphatic heterocycles. The van der Waals surface area contributed by atoms with E-state index in [1.165, 1.54) is 0 Å². The molecule has 18 heavy (non-hydrogen) atoms. The Morgan fingerprint density at radius 3 is 2.72 bits per heavy atom. The molecule has 0 fully saturated rings. The van der Waals surface area contributed by atoms with Gasteiger partial charge < -0.3 is 5.32 Å². The summed E-state index contributed by atoms with van der Waals surface area (Å²) in [7, 11) is 0. The van der Waals surface area contributed by atoms with Crippen LogP contribution in [0.5, 0.6) is 0 Å². The fourth-order valence-corrected chi connectivity index (χ4v) is 2.06. The lowest BCUT2D eigenvalue weighted by Crippen LogP contribution is -2.22. The first-order valence-corrected chi connectivity index (χ1v) is 6.55. The number of aromatic nitrogens is 2. The molecule has 2 aromatic rings. The Bertz CT molecular complexity index is 535. The van der Waals surface area contributed by atoms with Crippen molar-refractivity contribution in [3.05, 3.63) is 46.2 Å². The second-order valence-electron chi connectivity index (χ2n) is 4.38. The van der Waals surface area contributed by atoms with Crippen LogP contribution in [0.25, 0.3) is 5.69 Å². The van der Waals surface area contributed by atoms with Crippen LogP contribution in [0.4, 0.5) is 0 Å². The third-order valence-corrected chi connectivity index (χ3v) is 3.03. The van der Waals surface area contributed by atoms with Crippen molar-refractivity contribution in [2.45, 2.75) is 26.4 Å². The Morgan fingerprint density at radius 2 is 2.06 bits per heavy atom. The lowest BCUT2D eigenvalue weighted by molar-refractivity contribution is 0.578. The third-order valence-electron chi connectivity index (χ3n) is 2.49. The minimum absolute atomic E-state index is 0.439. The summed E-state index contributed by atoms with van der Waals surface area (Å²) in [5.74, 6) is 0. The number of hydrogen-bond acceptors (Lipinski definition) is 2. The van der Waals surface area contributed by atoms with Crippen LogP contribution in [0.15, 0.2) is 30.5 Å². The van der Waals surface area contributed by atoms with Gasteiger partial charge in [-0.1, -0.05) is 37.0 Å². The van der Waals surface area contributed by atoms with Crippen molar-refractivity contribution in [3.63, 3.8) is 0 Å². The molecule has 0 bridgehead atoms. The SMILES string of the molecule is CC(C)NCc1ccn(-c2ccc(Cl)cc2Cl)n1. The van der Waals surface area contributed by atoms with Gasteiger partial charge in [-0.05, 0) is 24.3 Å². The zero-order valence-electron chi connectivity index (χ0n) is 10.3. The normalized spacial score (nSPS) is 11.2. The summed E-state index contributed by atoms with van der Waals surface area (Å²) in [6.07, 6.45) is 1.90. The van der Waals surface area contributed by atoms with Crippen molar-refractivity contribution in [1.29, 1.82) is 0 Å². The maximum atomic E-state index is 6.14. The van der Waals surface area contributed by atoms with E-state index in [-0.39, 0.29) is 0 Å². The molecule has 96 valence electrons. The molecule has 0 saturated heterocycles. The molecule has 0 atom stereocenters. The first kappa shape index (κ1) is 13.4. The maximum absolute atomic E-state index is 6.14. The molecular weight excluding hydrogens is 269 g/mol. The predicted molar refractivity (Wildman–Crippen MR) is 75.6 cm³/mol. The number of rotatable bonds is 4. The highest BCUT2D eigenvalue weighted by Gasteiger charge is 2.06. The molecule has 1 aromatic heterocycles. The van der Waals surface area contributed by atoms with Crippen LogP contribution in [0.2, 0.25) is 10.0 Å². The minimum Gasteiger partial charge on any atom is -0.309 e. The number of halogens is 2. The highest BCUT2D eigenvalue weighted by molar-refractivity contribution is 6.35. The Hall–Kier alpha value is -1.03. The monoisotopic (exact) mass is 283 g/mol. The summed E-state index contributed by atoms with van der Waals surface area (Å²) in [5.41, 5.74) is 1.81.